The molecule has 0 amide bonds. The van der Waals surface area contributed by atoms with Crippen molar-refractivity contribution >= 4 is 11.0 Å². The first kappa shape index (κ1) is 19.9. The molecular formula is C24H23N3O3. The molecule has 4 aromatic rings. The molecule has 30 heavy (non-hydrogen) atoms. The average Bonchev–Trinajstić information content (AvgIpc) is 2.78. The summed E-state index contributed by atoms with van der Waals surface area (Å²) in [7, 11) is 0. The topological polar surface area (TPSA) is 77.2 Å². The van der Waals surface area contributed by atoms with Crippen LogP contribution in [0.2, 0.25) is 0 Å². The van der Waals surface area contributed by atoms with Gasteiger partial charge in [-0.05, 0) is 30.2 Å². The molecule has 0 saturated heterocycles. The zero-order valence-electron chi connectivity index (χ0n) is 16.7. The lowest BCUT2D eigenvalue weighted by atomic mass is 10.0. The number of aliphatic hydroxyl groups excluding tert-OH is 1. The van der Waals surface area contributed by atoms with Crippen molar-refractivity contribution in [2.24, 2.45) is 0 Å². The van der Waals surface area contributed by atoms with E-state index in [1.807, 2.05) is 61.5 Å². The molecular weight excluding hydrogens is 378 g/mol. The fourth-order valence-corrected chi connectivity index (χ4v) is 3.37. The van der Waals surface area contributed by atoms with E-state index in [2.05, 4.69) is 9.97 Å². The van der Waals surface area contributed by atoms with Crippen LogP contribution in [-0.4, -0.2) is 32.4 Å². The van der Waals surface area contributed by atoms with Crippen LogP contribution >= 0.6 is 0 Å². The molecule has 0 fully saturated rings. The monoisotopic (exact) mass is 401 g/mol. The van der Waals surface area contributed by atoms with E-state index in [1.165, 1.54) is 16.5 Å². The van der Waals surface area contributed by atoms with Crippen molar-refractivity contribution in [1.29, 1.82) is 0 Å². The van der Waals surface area contributed by atoms with Crippen LogP contribution in [0.4, 0.5) is 0 Å². The molecule has 152 valence electrons. The molecule has 0 spiro atoms. The SMILES string of the molecule is Cc1ccc(C(OCC(O)Cn2cnc3ncccc3c2=O)c2ccccc2)cc1. The van der Waals surface area contributed by atoms with Crippen molar-refractivity contribution in [1.82, 2.24) is 14.5 Å². The Kier molecular flexibility index (Phi) is 5.97. The summed E-state index contributed by atoms with van der Waals surface area (Å²) in [5.41, 5.74) is 3.35. The number of rotatable bonds is 7. The van der Waals surface area contributed by atoms with Gasteiger partial charge in [-0.2, -0.15) is 0 Å². The number of aromatic nitrogens is 3. The Bertz CT molecular complexity index is 1170. The van der Waals surface area contributed by atoms with Crippen LogP contribution in [0.5, 0.6) is 0 Å². The second kappa shape index (κ2) is 8.98. The third-order valence-electron chi connectivity index (χ3n) is 4.94. The van der Waals surface area contributed by atoms with E-state index in [1.54, 1.807) is 18.3 Å². The lowest BCUT2D eigenvalue weighted by Gasteiger charge is -2.21. The second-order valence-corrected chi connectivity index (χ2v) is 7.27. The number of aryl methyl sites for hydroxylation is 1. The molecule has 2 aromatic heterocycles. The number of hydrogen-bond donors (Lipinski definition) is 1. The molecule has 2 atom stereocenters. The number of ether oxygens (including phenoxy) is 1. The minimum Gasteiger partial charge on any atom is -0.389 e. The summed E-state index contributed by atoms with van der Waals surface area (Å²) in [6.45, 7) is 2.20. The molecule has 2 heterocycles. The molecule has 0 radical (unpaired) electrons. The Morgan fingerprint density at radius 1 is 0.967 bits per heavy atom. The van der Waals surface area contributed by atoms with E-state index in [4.69, 9.17) is 4.74 Å². The van der Waals surface area contributed by atoms with Gasteiger partial charge in [-0.15, -0.1) is 0 Å². The predicted octanol–water partition coefficient (Wildman–Crippen LogP) is 3.27. The predicted molar refractivity (Wildman–Crippen MR) is 115 cm³/mol. The van der Waals surface area contributed by atoms with Crippen LogP contribution in [0.1, 0.15) is 22.8 Å². The van der Waals surface area contributed by atoms with Gasteiger partial charge in [-0.1, -0.05) is 60.2 Å². The third-order valence-corrected chi connectivity index (χ3v) is 4.94. The Morgan fingerprint density at radius 3 is 2.47 bits per heavy atom. The fourth-order valence-electron chi connectivity index (χ4n) is 3.37. The van der Waals surface area contributed by atoms with Crippen LogP contribution in [-0.2, 0) is 11.3 Å². The van der Waals surface area contributed by atoms with Crippen molar-refractivity contribution in [3.63, 3.8) is 0 Å². The van der Waals surface area contributed by atoms with Gasteiger partial charge in [0, 0.05) is 6.20 Å². The summed E-state index contributed by atoms with van der Waals surface area (Å²) < 4.78 is 7.51. The number of nitrogens with zero attached hydrogens (tertiary/aromatic N) is 3. The molecule has 0 aliphatic carbocycles. The number of pyridine rings is 1. The Hall–Kier alpha value is -3.35. The van der Waals surface area contributed by atoms with Crippen LogP contribution in [0.3, 0.4) is 0 Å². The van der Waals surface area contributed by atoms with Crippen LogP contribution in [0.15, 0.2) is 84.0 Å². The van der Waals surface area contributed by atoms with Gasteiger partial charge in [-0.25, -0.2) is 9.97 Å². The molecule has 1 N–H and O–H groups in total. The Balaban J connectivity index is 1.50. The van der Waals surface area contributed by atoms with Crippen molar-refractivity contribution in [3.8, 4) is 0 Å². The average molecular weight is 401 g/mol. The third kappa shape index (κ3) is 4.45. The maximum atomic E-state index is 12.6. The highest BCUT2D eigenvalue weighted by molar-refractivity contribution is 5.72. The minimum absolute atomic E-state index is 0.0744. The zero-order valence-corrected chi connectivity index (χ0v) is 16.7. The van der Waals surface area contributed by atoms with E-state index in [-0.39, 0.29) is 24.8 Å². The van der Waals surface area contributed by atoms with Crippen LogP contribution in [0, 0.1) is 6.92 Å². The molecule has 6 heteroatoms. The van der Waals surface area contributed by atoms with E-state index in [9.17, 15) is 9.90 Å². The molecule has 0 aliphatic heterocycles. The van der Waals surface area contributed by atoms with Crippen LogP contribution < -0.4 is 5.56 Å². The van der Waals surface area contributed by atoms with E-state index >= 15 is 0 Å². The van der Waals surface area contributed by atoms with Gasteiger partial charge in [-0.3, -0.25) is 9.36 Å². The lowest BCUT2D eigenvalue weighted by molar-refractivity contribution is -0.000990. The molecule has 0 aliphatic rings. The maximum absolute atomic E-state index is 12.6. The first-order valence-electron chi connectivity index (χ1n) is 9.83. The summed E-state index contributed by atoms with van der Waals surface area (Å²) in [6.07, 6.45) is 1.83. The fraction of sp³-hybridized carbons (Fsp3) is 0.208. The van der Waals surface area contributed by atoms with Gasteiger partial charge in [0.05, 0.1) is 24.6 Å². The van der Waals surface area contributed by atoms with Gasteiger partial charge in [0.25, 0.3) is 5.56 Å². The standard InChI is InChI=1S/C24H23N3O3/c1-17-9-11-19(12-10-17)22(18-6-3-2-4-7-18)30-15-20(28)14-27-16-26-23-21(24(27)29)8-5-13-25-23/h2-13,16,20,22,28H,14-15H2,1H3. The van der Waals surface area contributed by atoms with Crippen molar-refractivity contribution in [3.05, 3.63) is 106 Å². The molecule has 0 bridgehead atoms. The molecule has 2 unspecified atom stereocenters. The molecule has 4 rings (SSSR count). The molecule has 0 saturated carbocycles. The summed E-state index contributed by atoms with van der Waals surface area (Å²) in [5, 5.41) is 11.0. The van der Waals surface area contributed by atoms with Gasteiger partial charge in [0.15, 0.2) is 5.65 Å². The zero-order chi connectivity index (χ0) is 20.9. The van der Waals surface area contributed by atoms with Crippen LogP contribution in [0.25, 0.3) is 11.0 Å². The highest BCUT2D eigenvalue weighted by Crippen LogP contribution is 2.26. The highest BCUT2D eigenvalue weighted by atomic mass is 16.5. The van der Waals surface area contributed by atoms with Crippen molar-refractivity contribution in [2.45, 2.75) is 25.7 Å². The molecule has 2 aromatic carbocycles. The van der Waals surface area contributed by atoms with Gasteiger partial charge in [0.2, 0.25) is 0 Å². The largest absolute Gasteiger partial charge is 0.389 e. The summed E-state index contributed by atoms with van der Waals surface area (Å²) in [6, 6.07) is 21.4. The lowest BCUT2D eigenvalue weighted by Crippen LogP contribution is -2.30. The van der Waals surface area contributed by atoms with E-state index in [0.29, 0.717) is 11.0 Å². The number of benzene rings is 2. The van der Waals surface area contributed by atoms with E-state index in [0.717, 1.165) is 11.1 Å². The Labute approximate surface area is 174 Å². The number of hydrogen-bond acceptors (Lipinski definition) is 5. The Morgan fingerprint density at radius 2 is 1.70 bits per heavy atom. The normalized spacial score (nSPS) is 13.3. The minimum atomic E-state index is -0.865. The van der Waals surface area contributed by atoms with Gasteiger partial charge < -0.3 is 9.84 Å². The maximum Gasteiger partial charge on any atom is 0.262 e. The first-order valence-corrected chi connectivity index (χ1v) is 9.83. The molecule has 6 nitrogen and oxygen atoms in total. The highest BCUT2D eigenvalue weighted by Gasteiger charge is 2.17. The smallest absolute Gasteiger partial charge is 0.262 e. The van der Waals surface area contributed by atoms with Crippen molar-refractivity contribution < 1.29 is 9.84 Å². The number of fused-ring (bicyclic) bond motifs is 1. The van der Waals surface area contributed by atoms with E-state index < -0.39 is 6.10 Å². The summed E-state index contributed by atoms with van der Waals surface area (Å²) in [5.74, 6) is 0. The number of aliphatic hydroxyl groups is 1. The van der Waals surface area contributed by atoms with Crippen molar-refractivity contribution in [2.75, 3.05) is 6.61 Å². The van der Waals surface area contributed by atoms with Gasteiger partial charge >= 0.3 is 0 Å². The second-order valence-electron chi connectivity index (χ2n) is 7.27. The van der Waals surface area contributed by atoms with Gasteiger partial charge in [0.1, 0.15) is 12.4 Å². The quantitative estimate of drug-likeness (QED) is 0.514. The summed E-state index contributed by atoms with van der Waals surface area (Å²) in [4.78, 5) is 20.9. The summed E-state index contributed by atoms with van der Waals surface area (Å²) >= 11 is 0. The first-order chi connectivity index (χ1) is 14.6.